The molecule has 0 amide bonds. The lowest BCUT2D eigenvalue weighted by Crippen LogP contribution is -2.43. The van der Waals surface area contributed by atoms with Gasteiger partial charge in [-0.1, -0.05) is 0 Å². The average Bonchev–Trinajstić information content (AvgIpc) is 3.02. The van der Waals surface area contributed by atoms with Gasteiger partial charge in [-0.2, -0.15) is 5.10 Å². The summed E-state index contributed by atoms with van der Waals surface area (Å²) in [5.74, 6) is 1.97. The number of furan rings is 1. The number of likely N-dealkylation sites (tertiary alicyclic amines) is 1. The van der Waals surface area contributed by atoms with E-state index >= 15 is 0 Å². The predicted octanol–water partition coefficient (Wildman–Crippen LogP) is 2.27. The summed E-state index contributed by atoms with van der Waals surface area (Å²) < 4.78 is 10.5. The first-order chi connectivity index (χ1) is 12.1. The molecular weight excluding hydrogens is 320 g/mol. The van der Waals surface area contributed by atoms with Crippen molar-refractivity contribution in [2.75, 3.05) is 32.1 Å². The summed E-state index contributed by atoms with van der Waals surface area (Å²) in [7, 11) is 3.45. The van der Waals surface area contributed by atoms with Gasteiger partial charge in [-0.3, -0.25) is 4.90 Å². The summed E-state index contributed by atoms with van der Waals surface area (Å²) in [6.07, 6.45) is 3.79. The maximum atomic E-state index is 11.7. The van der Waals surface area contributed by atoms with Crippen LogP contribution in [0.2, 0.25) is 0 Å². The SMILES string of the molecule is COC(=O)c1cc(CN2CCC(N(C)c3cccnn3)CC2)oc1C. The third-order valence-electron chi connectivity index (χ3n) is 4.78. The van der Waals surface area contributed by atoms with Crippen LogP contribution in [-0.4, -0.2) is 54.4 Å². The number of aromatic nitrogens is 2. The maximum Gasteiger partial charge on any atom is 0.341 e. The first-order valence-electron chi connectivity index (χ1n) is 8.49. The van der Waals surface area contributed by atoms with E-state index in [0.717, 1.165) is 37.5 Å². The molecule has 3 rings (SSSR count). The molecule has 1 aliphatic heterocycles. The Morgan fingerprint density at radius 2 is 2.20 bits per heavy atom. The molecule has 1 fully saturated rings. The van der Waals surface area contributed by atoms with Gasteiger partial charge in [0, 0.05) is 32.4 Å². The first kappa shape index (κ1) is 17.4. The van der Waals surface area contributed by atoms with Crippen molar-refractivity contribution in [3.8, 4) is 0 Å². The second-order valence-corrected chi connectivity index (χ2v) is 6.37. The summed E-state index contributed by atoms with van der Waals surface area (Å²) >= 11 is 0. The fourth-order valence-corrected chi connectivity index (χ4v) is 3.29. The van der Waals surface area contributed by atoms with E-state index in [1.54, 1.807) is 19.2 Å². The molecule has 2 aromatic heterocycles. The van der Waals surface area contributed by atoms with E-state index in [2.05, 4.69) is 27.0 Å². The topological polar surface area (TPSA) is 71.7 Å². The fourth-order valence-electron chi connectivity index (χ4n) is 3.29. The van der Waals surface area contributed by atoms with E-state index < -0.39 is 0 Å². The molecule has 0 saturated carbocycles. The lowest BCUT2D eigenvalue weighted by molar-refractivity contribution is 0.0599. The quantitative estimate of drug-likeness (QED) is 0.770. The second-order valence-electron chi connectivity index (χ2n) is 6.37. The van der Waals surface area contributed by atoms with Gasteiger partial charge >= 0.3 is 5.97 Å². The van der Waals surface area contributed by atoms with Gasteiger partial charge in [-0.05, 0) is 38.0 Å². The molecule has 0 N–H and O–H groups in total. The van der Waals surface area contributed by atoms with E-state index in [1.807, 2.05) is 12.1 Å². The van der Waals surface area contributed by atoms with Crippen molar-refractivity contribution in [1.29, 1.82) is 0 Å². The number of carbonyl (C=O) groups is 1. The Labute approximate surface area is 147 Å². The predicted molar refractivity (Wildman–Crippen MR) is 93.5 cm³/mol. The fraction of sp³-hybridized carbons (Fsp3) is 0.500. The Kier molecular flexibility index (Phi) is 5.33. The third kappa shape index (κ3) is 3.99. The molecule has 7 heteroatoms. The summed E-state index contributed by atoms with van der Waals surface area (Å²) in [6.45, 7) is 4.45. The Hall–Kier alpha value is -2.41. The van der Waals surface area contributed by atoms with Crippen molar-refractivity contribution >= 4 is 11.8 Å². The monoisotopic (exact) mass is 344 g/mol. The Bertz CT molecular complexity index is 708. The van der Waals surface area contributed by atoms with Gasteiger partial charge in [-0.15, -0.1) is 5.10 Å². The van der Waals surface area contributed by atoms with Crippen LogP contribution in [0.3, 0.4) is 0 Å². The second kappa shape index (κ2) is 7.65. The summed E-state index contributed by atoms with van der Waals surface area (Å²) in [4.78, 5) is 16.2. The lowest BCUT2D eigenvalue weighted by atomic mass is 10.0. The van der Waals surface area contributed by atoms with E-state index in [4.69, 9.17) is 9.15 Å². The number of hydrogen-bond donors (Lipinski definition) is 0. The number of esters is 1. The zero-order chi connectivity index (χ0) is 17.8. The van der Waals surface area contributed by atoms with Crippen molar-refractivity contribution in [1.82, 2.24) is 15.1 Å². The van der Waals surface area contributed by atoms with Gasteiger partial charge in [0.2, 0.25) is 0 Å². The third-order valence-corrected chi connectivity index (χ3v) is 4.78. The number of ether oxygens (including phenoxy) is 1. The molecule has 0 spiro atoms. The highest BCUT2D eigenvalue weighted by molar-refractivity contribution is 5.90. The van der Waals surface area contributed by atoms with Crippen molar-refractivity contribution in [3.05, 3.63) is 41.5 Å². The summed E-state index contributed by atoms with van der Waals surface area (Å²) in [5.41, 5.74) is 0.509. The van der Waals surface area contributed by atoms with Crippen LogP contribution in [0, 0.1) is 6.92 Å². The molecule has 1 saturated heterocycles. The van der Waals surface area contributed by atoms with Crippen LogP contribution in [0.25, 0.3) is 0 Å². The van der Waals surface area contributed by atoms with Crippen LogP contribution >= 0.6 is 0 Å². The molecule has 3 heterocycles. The molecule has 0 bridgehead atoms. The van der Waals surface area contributed by atoms with Crippen LogP contribution in [0.15, 0.2) is 28.8 Å². The van der Waals surface area contributed by atoms with Crippen LogP contribution < -0.4 is 4.90 Å². The highest BCUT2D eigenvalue weighted by Crippen LogP contribution is 2.23. The van der Waals surface area contributed by atoms with Crippen LogP contribution in [0.5, 0.6) is 0 Å². The van der Waals surface area contributed by atoms with Gasteiger partial charge in [0.1, 0.15) is 17.1 Å². The van der Waals surface area contributed by atoms with E-state index in [-0.39, 0.29) is 5.97 Å². The molecule has 0 unspecified atom stereocenters. The van der Waals surface area contributed by atoms with Gasteiger partial charge in [-0.25, -0.2) is 4.79 Å². The number of aryl methyl sites for hydroxylation is 1. The van der Waals surface area contributed by atoms with Gasteiger partial charge in [0.15, 0.2) is 5.82 Å². The Morgan fingerprint density at radius 3 is 2.84 bits per heavy atom. The lowest BCUT2D eigenvalue weighted by Gasteiger charge is -2.36. The van der Waals surface area contributed by atoms with E-state index in [1.165, 1.54) is 7.11 Å². The highest BCUT2D eigenvalue weighted by Gasteiger charge is 2.25. The van der Waals surface area contributed by atoms with Gasteiger partial charge in [0.25, 0.3) is 0 Å². The molecule has 134 valence electrons. The Morgan fingerprint density at radius 1 is 1.44 bits per heavy atom. The zero-order valence-corrected chi connectivity index (χ0v) is 14.9. The molecule has 0 aromatic carbocycles. The maximum absolute atomic E-state index is 11.7. The number of hydrogen-bond acceptors (Lipinski definition) is 7. The molecular formula is C18H24N4O3. The minimum absolute atomic E-state index is 0.350. The minimum Gasteiger partial charge on any atom is -0.465 e. The van der Waals surface area contributed by atoms with Crippen molar-refractivity contribution in [3.63, 3.8) is 0 Å². The van der Waals surface area contributed by atoms with Gasteiger partial charge in [0.05, 0.1) is 13.7 Å². The number of anilines is 1. The van der Waals surface area contributed by atoms with Crippen LogP contribution in [0.4, 0.5) is 5.82 Å². The highest BCUT2D eigenvalue weighted by atomic mass is 16.5. The molecule has 0 aliphatic carbocycles. The van der Waals surface area contributed by atoms with Crippen molar-refractivity contribution < 1.29 is 13.9 Å². The normalized spacial score (nSPS) is 16.0. The Balaban J connectivity index is 1.55. The standard InChI is InChI=1S/C18H24N4O3/c1-13-16(18(23)24-3)11-15(25-13)12-22-9-6-14(7-10-22)21(2)17-5-4-8-19-20-17/h4-5,8,11,14H,6-7,9-10,12H2,1-3H3. The van der Waals surface area contributed by atoms with Crippen LogP contribution in [-0.2, 0) is 11.3 Å². The number of piperidine rings is 1. The van der Waals surface area contributed by atoms with E-state index in [0.29, 0.717) is 23.9 Å². The van der Waals surface area contributed by atoms with Crippen molar-refractivity contribution in [2.45, 2.75) is 32.4 Å². The zero-order valence-electron chi connectivity index (χ0n) is 14.9. The molecule has 0 atom stereocenters. The molecule has 1 aliphatic rings. The molecule has 7 nitrogen and oxygen atoms in total. The number of carbonyl (C=O) groups excluding carboxylic acids is 1. The number of rotatable bonds is 5. The van der Waals surface area contributed by atoms with E-state index in [9.17, 15) is 4.79 Å². The van der Waals surface area contributed by atoms with Gasteiger partial charge < -0.3 is 14.1 Å². The molecule has 2 aromatic rings. The van der Waals surface area contributed by atoms with Crippen molar-refractivity contribution in [2.24, 2.45) is 0 Å². The van der Waals surface area contributed by atoms with Crippen LogP contribution in [0.1, 0.15) is 34.7 Å². The minimum atomic E-state index is -0.350. The number of methoxy groups -OCH3 is 1. The molecule has 25 heavy (non-hydrogen) atoms. The first-order valence-corrected chi connectivity index (χ1v) is 8.49. The largest absolute Gasteiger partial charge is 0.465 e. The smallest absolute Gasteiger partial charge is 0.341 e. The average molecular weight is 344 g/mol. The molecule has 0 radical (unpaired) electrons. The number of nitrogens with zero attached hydrogens (tertiary/aromatic N) is 4. The summed E-state index contributed by atoms with van der Waals surface area (Å²) in [5, 5.41) is 8.13. The summed E-state index contributed by atoms with van der Waals surface area (Å²) in [6, 6.07) is 6.14.